The predicted octanol–water partition coefficient (Wildman–Crippen LogP) is 13.9. The van der Waals surface area contributed by atoms with E-state index < -0.39 is 0 Å². The van der Waals surface area contributed by atoms with E-state index in [-0.39, 0.29) is 0 Å². The average Bonchev–Trinajstić information content (AvgIpc) is 3.66. The highest BCUT2D eigenvalue weighted by Gasteiger charge is 2.33. The molecule has 0 spiro atoms. The lowest BCUT2D eigenvalue weighted by Crippen LogP contribution is -1.93. The quantitative estimate of drug-likeness (QED) is 0.181. The topological polar surface area (TPSA) is 0 Å². The zero-order chi connectivity index (χ0) is 33.5. The van der Waals surface area contributed by atoms with Crippen molar-refractivity contribution in [2.45, 2.75) is 13.8 Å². The highest BCUT2D eigenvalue weighted by Crippen LogP contribution is 2.59. The third-order valence-electron chi connectivity index (χ3n) is 10.8. The fourth-order valence-corrected chi connectivity index (χ4v) is 8.87. The first-order valence-electron chi connectivity index (χ1n) is 17.5. The van der Waals surface area contributed by atoms with Crippen molar-refractivity contribution in [3.05, 3.63) is 187 Å². The van der Waals surface area contributed by atoms with Gasteiger partial charge in [-0.25, -0.2) is 0 Å². The van der Waals surface area contributed by atoms with E-state index in [1.807, 2.05) is 0 Å². The minimum atomic E-state index is 1.06. The van der Waals surface area contributed by atoms with Crippen molar-refractivity contribution in [2.24, 2.45) is 0 Å². The van der Waals surface area contributed by atoms with Crippen molar-refractivity contribution in [3.8, 4) is 66.8 Å². The summed E-state index contributed by atoms with van der Waals surface area (Å²) in [7, 11) is 0. The number of allylic oxidation sites excluding steroid dienone is 2. The van der Waals surface area contributed by atoms with Crippen molar-refractivity contribution in [2.75, 3.05) is 0 Å². The second-order valence-electron chi connectivity index (χ2n) is 13.8. The van der Waals surface area contributed by atoms with E-state index in [2.05, 4.69) is 178 Å². The van der Waals surface area contributed by atoms with E-state index in [4.69, 9.17) is 0 Å². The van der Waals surface area contributed by atoms with Gasteiger partial charge in [-0.2, -0.15) is 0 Å². The van der Waals surface area contributed by atoms with E-state index in [0.29, 0.717) is 0 Å². The Kier molecular flexibility index (Phi) is 6.26. The van der Waals surface area contributed by atoms with Crippen LogP contribution in [0.5, 0.6) is 0 Å². The number of benzene rings is 8. The number of rotatable bonds is 4. The van der Waals surface area contributed by atoms with Crippen LogP contribution in [-0.2, 0) is 0 Å². The van der Waals surface area contributed by atoms with Crippen LogP contribution in [-0.4, -0.2) is 0 Å². The molecule has 0 fully saturated rings. The summed E-state index contributed by atoms with van der Waals surface area (Å²) in [6.45, 7) is 8.59. The third kappa shape index (κ3) is 4.00. The largest absolute Gasteiger partial charge is 0.0961 e. The zero-order valence-electron chi connectivity index (χ0n) is 28.2. The molecule has 8 aromatic carbocycles. The molecule has 234 valence electrons. The van der Waals surface area contributed by atoms with Gasteiger partial charge < -0.3 is 0 Å². The van der Waals surface area contributed by atoms with Crippen LogP contribution in [0.3, 0.4) is 0 Å². The van der Waals surface area contributed by atoms with Crippen LogP contribution in [0.15, 0.2) is 170 Å². The molecule has 0 N–H and O–H groups in total. The van der Waals surface area contributed by atoms with Crippen molar-refractivity contribution in [3.63, 3.8) is 0 Å². The summed E-state index contributed by atoms with van der Waals surface area (Å²) in [6, 6.07) is 56.2. The number of hydrogen-bond acceptors (Lipinski definition) is 0. The minimum Gasteiger partial charge on any atom is -0.0961 e. The summed E-state index contributed by atoms with van der Waals surface area (Å²) in [5.74, 6) is 0. The van der Waals surface area contributed by atoms with Crippen molar-refractivity contribution < 1.29 is 0 Å². The first-order chi connectivity index (χ1) is 24.6. The van der Waals surface area contributed by atoms with Crippen LogP contribution in [0.2, 0.25) is 0 Å². The van der Waals surface area contributed by atoms with E-state index >= 15 is 0 Å². The van der Waals surface area contributed by atoms with Crippen molar-refractivity contribution in [1.29, 1.82) is 0 Å². The van der Waals surface area contributed by atoms with Gasteiger partial charge in [-0.05, 0) is 124 Å². The predicted molar refractivity (Wildman–Crippen MR) is 214 cm³/mol. The molecular formula is C50H34. The molecule has 0 bridgehead atoms. The minimum absolute atomic E-state index is 1.06. The van der Waals surface area contributed by atoms with Crippen LogP contribution in [0.25, 0.3) is 93.9 Å². The standard InChI is InChI=1S/C50H34/c1-30(2)29-43-34-19-10-11-20-37(34)48-40(26-25-31(3)44(43)48)35-27-28-42-47-36(35)23-14-24-41(47)49-45(32-15-6-4-7-16-32)38-21-12-13-22-39(38)46(50(42)49)33-17-8-5-9-18-33/h4-29H,1H2,2-3H3/b43-29-. The Bertz CT molecular complexity index is 2670. The van der Waals surface area contributed by atoms with Gasteiger partial charge in [0.25, 0.3) is 0 Å². The lowest BCUT2D eigenvalue weighted by atomic mass is 9.82. The molecule has 50 heavy (non-hydrogen) atoms. The maximum atomic E-state index is 4.26. The summed E-state index contributed by atoms with van der Waals surface area (Å²) < 4.78 is 0. The van der Waals surface area contributed by atoms with Gasteiger partial charge in [-0.1, -0.05) is 170 Å². The van der Waals surface area contributed by atoms with E-state index in [9.17, 15) is 0 Å². The van der Waals surface area contributed by atoms with Crippen molar-refractivity contribution >= 4 is 27.1 Å². The van der Waals surface area contributed by atoms with Gasteiger partial charge in [-0.15, -0.1) is 0 Å². The molecule has 0 radical (unpaired) electrons. The molecule has 0 saturated heterocycles. The number of hydrogen-bond donors (Lipinski definition) is 0. The molecule has 0 atom stereocenters. The summed E-state index contributed by atoms with van der Waals surface area (Å²) in [5.41, 5.74) is 21.8. The van der Waals surface area contributed by atoms with Gasteiger partial charge in [0.1, 0.15) is 0 Å². The van der Waals surface area contributed by atoms with Crippen LogP contribution < -0.4 is 0 Å². The van der Waals surface area contributed by atoms with Gasteiger partial charge in [0.2, 0.25) is 0 Å². The van der Waals surface area contributed by atoms with Gasteiger partial charge in [0.15, 0.2) is 0 Å². The van der Waals surface area contributed by atoms with E-state index in [1.54, 1.807) is 0 Å². The molecule has 0 nitrogen and oxygen atoms in total. The smallest absolute Gasteiger partial charge is 0.000741 e. The maximum Gasteiger partial charge on any atom is -0.000741 e. The summed E-state index contributed by atoms with van der Waals surface area (Å²) >= 11 is 0. The van der Waals surface area contributed by atoms with Crippen LogP contribution >= 0.6 is 0 Å². The first kappa shape index (κ1) is 28.7. The molecule has 10 rings (SSSR count). The lowest BCUT2D eigenvalue weighted by molar-refractivity contribution is 1.44. The third-order valence-corrected chi connectivity index (χ3v) is 10.8. The maximum absolute atomic E-state index is 4.26. The molecule has 2 aliphatic carbocycles. The highest BCUT2D eigenvalue weighted by atomic mass is 14.4. The van der Waals surface area contributed by atoms with Crippen LogP contribution in [0.4, 0.5) is 0 Å². The van der Waals surface area contributed by atoms with Gasteiger partial charge >= 0.3 is 0 Å². The van der Waals surface area contributed by atoms with E-state index in [1.165, 1.54) is 111 Å². The van der Waals surface area contributed by atoms with Gasteiger partial charge in [0, 0.05) is 0 Å². The highest BCUT2D eigenvalue weighted by molar-refractivity contribution is 6.29. The Morgan fingerprint density at radius 3 is 1.54 bits per heavy atom. The molecule has 0 unspecified atom stereocenters. The molecule has 0 amide bonds. The fraction of sp³-hybridized carbons (Fsp3) is 0.0400. The second kappa shape index (κ2) is 10.9. The average molecular weight is 635 g/mol. The fourth-order valence-electron chi connectivity index (χ4n) is 8.87. The SMILES string of the molecule is C=C(C)/C=C1/c2ccccc2-c2c(-c3ccc4c5c(cccc35)-c3c-4c(-c4ccccc4)c4ccccc4c3-c3ccccc3)ccc(C)c21. The van der Waals surface area contributed by atoms with Crippen LogP contribution in [0.1, 0.15) is 23.6 Å². The van der Waals surface area contributed by atoms with Gasteiger partial charge in [0.05, 0.1) is 0 Å². The zero-order valence-corrected chi connectivity index (χ0v) is 28.2. The normalized spacial score (nSPS) is 13.1. The van der Waals surface area contributed by atoms with Crippen molar-refractivity contribution in [1.82, 2.24) is 0 Å². The van der Waals surface area contributed by atoms with Gasteiger partial charge in [-0.3, -0.25) is 0 Å². The molecule has 0 aliphatic heterocycles. The molecule has 0 heteroatoms. The second-order valence-corrected chi connectivity index (χ2v) is 13.8. The number of aryl methyl sites for hydroxylation is 1. The lowest BCUT2D eigenvalue weighted by Gasteiger charge is -2.20. The number of fused-ring (bicyclic) bond motifs is 7. The molecular weight excluding hydrogens is 601 g/mol. The summed E-state index contributed by atoms with van der Waals surface area (Å²) in [6.07, 6.45) is 2.26. The summed E-state index contributed by atoms with van der Waals surface area (Å²) in [4.78, 5) is 0. The molecule has 2 aliphatic rings. The summed E-state index contributed by atoms with van der Waals surface area (Å²) in [5, 5.41) is 5.19. The first-order valence-corrected chi connectivity index (χ1v) is 17.5. The Morgan fingerprint density at radius 2 is 0.900 bits per heavy atom. The van der Waals surface area contributed by atoms with Crippen LogP contribution in [0, 0.1) is 6.92 Å². The molecule has 0 saturated carbocycles. The Labute approximate surface area is 293 Å². The monoisotopic (exact) mass is 634 g/mol. The molecule has 0 aromatic heterocycles. The Morgan fingerprint density at radius 1 is 0.400 bits per heavy atom. The Balaban J connectivity index is 1.33. The molecule has 0 heterocycles. The molecule has 8 aromatic rings. The van der Waals surface area contributed by atoms with E-state index in [0.717, 1.165) is 5.57 Å². The Hall–Kier alpha value is -6.24.